The number of amides is 1. The standard InChI is InChI=1S/C19H22N2O3S/c1-2-13-9-14-10-16-17(24-8-7-23-16)11-15(14)20-19(13)25-12-18(22)21-5-3-4-6-21/h9-11H,2-8,12H2,1H3. The van der Waals surface area contributed by atoms with E-state index in [-0.39, 0.29) is 5.91 Å². The molecule has 2 aliphatic heterocycles. The molecule has 0 bridgehead atoms. The molecule has 2 aromatic rings. The van der Waals surface area contributed by atoms with Crippen molar-refractivity contribution in [3.63, 3.8) is 0 Å². The third-order valence-electron chi connectivity index (χ3n) is 4.69. The van der Waals surface area contributed by atoms with E-state index < -0.39 is 0 Å². The van der Waals surface area contributed by atoms with Gasteiger partial charge in [0.25, 0.3) is 0 Å². The first kappa shape index (κ1) is 16.5. The molecule has 0 atom stereocenters. The summed E-state index contributed by atoms with van der Waals surface area (Å²) in [4.78, 5) is 19.1. The number of aryl methyl sites for hydroxylation is 1. The van der Waals surface area contributed by atoms with Gasteiger partial charge in [0.15, 0.2) is 11.5 Å². The molecule has 6 heteroatoms. The Hall–Kier alpha value is -1.95. The maximum absolute atomic E-state index is 12.3. The normalized spacial score (nSPS) is 16.4. The molecule has 132 valence electrons. The lowest BCUT2D eigenvalue weighted by Gasteiger charge is -2.19. The summed E-state index contributed by atoms with van der Waals surface area (Å²) in [6.45, 7) is 5.06. The van der Waals surface area contributed by atoms with E-state index in [0.29, 0.717) is 19.0 Å². The van der Waals surface area contributed by atoms with Crippen LogP contribution in [0.2, 0.25) is 0 Å². The summed E-state index contributed by atoms with van der Waals surface area (Å²) in [7, 11) is 0. The van der Waals surface area contributed by atoms with Crippen molar-refractivity contribution in [2.45, 2.75) is 31.2 Å². The highest BCUT2D eigenvalue weighted by Crippen LogP contribution is 2.36. The van der Waals surface area contributed by atoms with Crippen LogP contribution in [0.4, 0.5) is 0 Å². The molecule has 0 saturated carbocycles. The molecular formula is C19H22N2O3S. The zero-order valence-corrected chi connectivity index (χ0v) is 15.2. The number of fused-ring (bicyclic) bond motifs is 2. The molecule has 1 fully saturated rings. The van der Waals surface area contributed by atoms with E-state index in [1.165, 1.54) is 5.56 Å². The lowest BCUT2D eigenvalue weighted by molar-refractivity contribution is -0.127. The van der Waals surface area contributed by atoms with Crippen LogP contribution in [-0.2, 0) is 11.2 Å². The molecule has 0 N–H and O–H groups in total. The second-order valence-electron chi connectivity index (χ2n) is 6.37. The van der Waals surface area contributed by atoms with Crippen LogP contribution in [0.3, 0.4) is 0 Å². The minimum absolute atomic E-state index is 0.216. The summed E-state index contributed by atoms with van der Waals surface area (Å²) >= 11 is 1.54. The van der Waals surface area contributed by atoms with Crippen LogP contribution in [-0.4, -0.2) is 47.8 Å². The Morgan fingerprint density at radius 1 is 1.16 bits per heavy atom. The number of thioether (sulfide) groups is 1. The molecule has 3 heterocycles. The second kappa shape index (κ2) is 7.12. The molecule has 4 rings (SSSR count). The van der Waals surface area contributed by atoms with E-state index in [1.54, 1.807) is 11.8 Å². The van der Waals surface area contributed by atoms with Crippen molar-refractivity contribution in [1.82, 2.24) is 9.88 Å². The summed E-state index contributed by atoms with van der Waals surface area (Å²) < 4.78 is 11.3. The van der Waals surface area contributed by atoms with E-state index in [1.807, 2.05) is 17.0 Å². The van der Waals surface area contributed by atoms with Gasteiger partial charge in [0, 0.05) is 24.5 Å². The van der Waals surface area contributed by atoms with Crippen molar-refractivity contribution in [2.24, 2.45) is 0 Å². The maximum atomic E-state index is 12.3. The average Bonchev–Trinajstić information content (AvgIpc) is 3.18. The van der Waals surface area contributed by atoms with Crippen LogP contribution in [0.25, 0.3) is 10.9 Å². The van der Waals surface area contributed by atoms with E-state index in [2.05, 4.69) is 13.0 Å². The summed E-state index contributed by atoms with van der Waals surface area (Å²) in [5.74, 6) is 2.20. The van der Waals surface area contributed by atoms with Gasteiger partial charge >= 0.3 is 0 Å². The number of carbonyl (C=O) groups is 1. The fraction of sp³-hybridized carbons (Fsp3) is 0.474. The Morgan fingerprint density at radius 3 is 2.60 bits per heavy atom. The van der Waals surface area contributed by atoms with Crippen molar-refractivity contribution in [3.05, 3.63) is 23.8 Å². The van der Waals surface area contributed by atoms with Crippen molar-refractivity contribution in [2.75, 3.05) is 32.1 Å². The predicted molar refractivity (Wildman–Crippen MR) is 98.6 cm³/mol. The third-order valence-corrected chi connectivity index (χ3v) is 5.71. The fourth-order valence-electron chi connectivity index (χ4n) is 3.30. The number of likely N-dealkylation sites (tertiary alicyclic amines) is 1. The summed E-state index contributed by atoms with van der Waals surface area (Å²) in [6.07, 6.45) is 3.13. The number of rotatable bonds is 4. The smallest absolute Gasteiger partial charge is 0.232 e. The first-order valence-electron chi connectivity index (χ1n) is 8.88. The number of hydrogen-bond donors (Lipinski definition) is 0. The molecule has 0 unspecified atom stereocenters. The molecule has 0 aliphatic carbocycles. The number of hydrogen-bond acceptors (Lipinski definition) is 5. The SMILES string of the molecule is CCc1cc2cc3c(cc2nc1SCC(=O)N1CCCC1)OCCO3. The minimum Gasteiger partial charge on any atom is -0.486 e. The van der Waals surface area contributed by atoms with Crippen molar-refractivity contribution >= 4 is 28.6 Å². The average molecular weight is 358 g/mol. The van der Waals surface area contributed by atoms with Crippen LogP contribution >= 0.6 is 11.8 Å². The van der Waals surface area contributed by atoms with Crippen molar-refractivity contribution in [3.8, 4) is 11.5 Å². The molecule has 1 aromatic heterocycles. The van der Waals surface area contributed by atoms with Gasteiger partial charge in [-0.2, -0.15) is 0 Å². The van der Waals surface area contributed by atoms with Gasteiger partial charge in [0.05, 0.1) is 11.3 Å². The third kappa shape index (κ3) is 3.40. The molecule has 0 radical (unpaired) electrons. The first-order chi connectivity index (χ1) is 12.2. The molecule has 0 spiro atoms. The summed E-state index contributed by atoms with van der Waals surface area (Å²) in [5.41, 5.74) is 2.06. The largest absolute Gasteiger partial charge is 0.486 e. The van der Waals surface area contributed by atoms with Crippen LogP contribution < -0.4 is 9.47 Å². The van der Waals surface area contributed by atoms with Gasteiger partial charge in [-0.05, 0) is 37.0 Å². The van der Waals surface area contributed by atoms with Crippen LogP contribution in [0.5, 0.6) is 11.5 Å². The highest BCUT2D eigenvalue weighted by Gasteiger charge is 2.19. The van der Waals surface area contributed by atoms with E-state index in [0.717, 1.165) is 59.8 Å². The predicted octanol–water partition coefficient (Wildman–Crippen LogP) is 3.28. The van der Waals surface area contributed by atoms with Crippen LogP contribution in [0.1, 0.15) is 25.3 Å². The number of ether oxygens (including phenoxy) is 2. The van der Waals surface area contributed by atoms with Gasteiger partial charge in [-0.25, -0.2) is 4.98 Å². The highest BCUT2D eigenvalue weighted by molar-refractivity contribution is 7.99. The number of nitrogens with zero attached hydrogens (tertiary/aromatic N) is 2. The zero-order valence-electron chi connectivity index (χ0n) is 14.4. The van der Waals surface area contributed by atoms with Gasteiger partial charge in [-0.3, -0.25) is 4.79 Å². The Balaban J connectivity index is 1.59. The second-order valence-corrected chi connectivity index (χ2v) is 7.34. The Kier molecular flexibility index (Phi) is 4.70. The molecule has 1 amide bonds. The monoisotopic (exact) mass is 358 g/mol. The van der Waals surface area contributed by atoms with Gasteiger partial charge in [-0.15, -0.1) is 0 Å². The summed E-state index contributed by atoms with van der Waals surface area (Å²) in [6, 6.07) is 6.10. The molecular weight excluding hydrogens is 336 g/mol. The number of pyridine rings is 1. The Morgan fingerprint density at radius 2 is 1.88 bits per heavy atom. The quantitative estimate of drug-likeness (QED) is 0.785. The molecule has 1 saturated heterocycles. The maximum Gasteiger partial charge on any atom is 0.232 e. The van der Waals surface area contributed by atoms with Crippen LogP contribution in [0, 0.1) is 0 Å². The van der Waals surface area contributed by atoms with E-state index in [9.17, 15) is 4.79 Å². The number of aromatic nitrogens is 1. The fourth-order valence-corrected chi connectivity index (χ4v) is 4.30. The summed E-state index contributed by atoms with van der Waals surface area (Å²) in [5, 5.41) is 2.00. The first-order valence-corrected chi connectivity index (χ1v) is 9.87. The minimum atomic E-state index is 0.216. The van der Waals surface area contributed by atoms with Crippen molar-refractivity contribution < 1.29 is 14.3 Å². The topological polar surface area (TPSA) is 51.7 Å². The molecule has 5 nitrogen and oxygen atoms in total. The lowest BCUT2D eigenvalue weighted by atomic mass is 10.1. The zero-order chi connectivity index (χ0) is 17.2. The van der Waals surface area contributed by atoms with E-state index >= 15 is 0 Å². The van der Waals surface area contributed by atoms with Gasteiger partial charge in [0.2, 0.25) is 5.91 Å². The van der Waals surface area contributed by atoms with Crippen molar-refractivity contribution in [1.29, 1.82) is 0 Å². The lowest BCUT2D eigenvalue weighted by Crippen LogP contribution is -2.29. The molecule has 1 aromatic carbocycles. The molecule has 2 aliphatic rings. The highest BCUT2D eigenvalue weighted by atomic mass is 32.2. The number of carbonyl (C=O) groups excluding carboxylic acids is 1. The van der Waals surface area contributed by atoms with Gasteiger partial charge in [0.1, 0.15) is 18.2 Å². The van der Waals surface area contributed by atoms with Gasteiger partial charge in [-0.1, -0.05) is 18.7 Å². The van der Waals surface area contributed by atoms with E-state index in [4.69, 9.17) is 14.5 Å². The van der Waals surface area contributed by atoms with Crippen LogP contribution in [0.15, 0.2) is 23.2 Å². The molecule has 25 heavy (non-hydrogen) atoms. The number of benzene rings is 1. The Labute approximate surface area is 151 Å². The van der Waals surface area contributed by atoms with Gasteiger partial charge < -0.3 is 14.4 Å². The Bertz CT molecular complexity index is 803.